The molecule has 0 saturated carbocycles. The van der Waals surface area contributed by atoms with Gasteiger partial charge in [-0.15, -0.1) is 0 Å². The Balaban J connectivity index is 1.83. The van der Waals surface area contributed by atoms with Gasteiger partial charge in [-0.2, -0.15) is 0 Å². The van der Waals surface area contributed by atoms with Gasteiger partial charge in [-0.25, -0.2) is 0 Å². The summed E-state index contributed by atoms with van der Waals surface area (Å²) in [6.07, 6.45) is 4.93. The van der Waals surface area contributed by atoms with Crippen LogP contribution in [0.5, 0.6) is 0 Å². The van der Waals surface area contributed by atoms with Gasteiger partial charge in [0.15, 0.2) is 5.58 Å². The van der Waals surface area contributed by atoms with Crippen molar-refractivity contribution in [3.05, 3.63) is 58.4 Å². The molecular weight excluding hydrogens is 368 g/mol. The third kappa shape index (κ3) is 3.73. The number of fused-ring (bicyclic) bond motifs is 1. The van der Waals surface area contributed by atoms with E-state index in [0.29, 0.717) is 18.8 Å². The topological polar surface area (TPSA) is 47.2 Å². The highest BCUT2D eigenvalue weighted by Crippen LogP contribution is 2.23. The van der Waals surface area contributed by atoms with Crippen LogP contribution in [0.25, 0.3) is 11.1 Å². The van der Waals surface area contributed by atoms with E-state index in [-0.39, 0.29) is 5.91 Å². The SMILES string of the molecule is CCCCCNC(=O)c1cc2occc2n1Cc1ccc(Br)cc1. The molecule has 2 heterocycles. The van der Waals surface area contributed by atoms with E-state index in [0.717, 1.165) is 40.4 Å². The third-order valence-electron chi connectivity index (χ3n) is 4.08. The Bertz CT molecular complexity index is 818. The molecule has 2 aromatic heterocycles. The van der Waals surface area contributed by atoms with Gasteiger partial charge >= 0.3 is 0 Å². The number of nitrogens with zero attached hydrogens (tertiary/aromatic N) is 1. The molecule has 4 nitrogen and oxygen atoms in total. The lowest BCUT2D eigenvalue weighted by atomic mass is 10.2. The van der Waals surface area contributed by atoms with Gasteiger partial charge in [-0.05, 0) is 24.1 Å². The second kappa shape index (κ2) is 7.71. The molecule has 0 atom stereocenters. The van der Waals surface area contributed by atoms with E-state index in [4.69, 9.17) is 4.42 Å². The number of halogens is 1. The molecule has 5 heteroatoms. The van der Waals surface area contributed by atoms with Crippen LogP contribution in [0.3, 0.4) is 0 Å². The Morgan fingerprint density at radius 3 is 2.75 bits per heavy atom. The maximum absolute atomic E-state index is 12.6. The number of benzene rings is 1. The monoisotopic (exact) mass is 388 g/mol. The Morgan fingerprint density at radius 2 is 2.00 bits per heavy atom. The normalized spacial score (nSPS) is 11.1. The van der Waals surface area contributed by atoms with Gasteiger partial charge in [0, 0.05) is 29.7 Å². The minimum atomic E-state index is -0.0467. The molecule has 0 aliphatic heterocycles. The van der Waals surface area contributed by atoms with E-state index < -0.39 is 0 Å². The molecule has 0 spiro atoms. The quantitative estimate of drug-likeness (QED) is 0.581. The Kier molecular flexibility index (Phi) is 5.41. The highest BCUT2D eigenvalue weighted by Gasteiger charge is 2.17. The lowest BCUT2D eigenvalue weighted by molar-refractivity contribution is 0.0944. The Labute approximate surface area is 150 Å². The van der Waals surface area contributed by atoms with Crippen molar-refractivity contribution < 1.29 is 9.21 Å². The molecular formula is C19H21BrN2O2. The van der Waals surface area contributed by atoms with Gasteiger partial charge in [0.25, 0.3) is 5.91 Å². The van der Waals surface area contributed by atoms with Crippen LogP contribution >= 0.6 is 15.9 Å². The largest absolute Gasteiger partial charge is 0.463 e. The van der Waals surface area contributed by atoms with Gasteiger partial charge in [-0.1, -0.05) is 47.8 Å². The van der Waals surface area contributed by atoms with Gasteiger partial charge in [0.1, 0.15) is 5.69 Å². The molecule has 1 N–H and O–H groups in total. The highest BCUT2D eigenvalue weighted by molar-refractivity contribution is 9.10. The van der Waals surface area contributed by atoms with Gasteiger partial charge < -0.3 is 14.3 Å². The standard InChI is InChI=1S/C19H21BrN2O2/c1-2-3-4-10-21-19(23)17-12-18-16(9-11-24-18)22(17)13-14-5-7-15(20)8-6-14/h5-9,11-12H,2-4,10,13H2,1H3,(H,21,23). The third-order valence-corrected chi connectivity index (χ3v) is 4.60. The van der Waals surface area contributed by atoms with Crippen LogP contribution in [-0.4, -0.2) is 17.0 Å². The van der Waals surface area contributed by atoms with Crippen LogP contribution in [0.4, 0.5) is 0 Å². The van der Waals surface area contributed by atoms with Crippen molar-refractivity contribution in [1.82, 2.24) is 9.88 Å². The summed E-state index contributed by atoms with van der Waals surface area (Å²) in [5.41, 5.74) is 3.46. The molecule has 3 aromatic rings. The van der Waals surface area contributed by atoms with E-state index in [1.165, 1.54) is 0 Å². The molecule has 24 heavy (non-hydrogen) atoms. The van der Waals surface area contributed by atoms with E-state index in [9.17, 15) is 4.79 Å². The fourth-order valence-corrected chi connectivity index (χ4v) is 3.04. The lowest BCUT2D eigenvalue weighted by Gasteiger charge is -2.11. The predicted octanol–water partition coefficient (Wildman–Crippen LogP) is 4.97. The molecule has 1 aromatic carbocycles. The number of carbonyl (C=O) groups is 1. The van der Waals surface area contributed by atoms with Crippen LogP contribution in [0.2, 0.25) is 0 Å². The van der Waals surface area contributed by atoms with Crippen molar-refractivity contribution >= 4 is 32.9 Å². The van der Waals surface area contributed by atoms with E-state index in [2.05, 4.69) is 40.3 Å². The zero-order valence-electron chi connectivity index (χ0n) is 13.7. The van der Waals surface area contributed by atoms with Gasteiger partial charge in [0.2, 0.25) is 0 Å². The summed E-state index contributed by atoms with van der Waals surface area (Å²) in [6.45, 7) is 3.49. The zero-order chi connectivity index (χ0) is 16.9. The van der Waals surface area contributed by atoms with E-state index >= 15 is 0 Å². The molecule has 0 radical (unpaired) electrons. The summed E-state index contributed by atoms with van der Waals surface area (Å²) in [4.78, 5) is 12.6. The molecule has 0 saturated heterocycles. The number of rotatable bonds is 7. The highest BCUT2D eigenvalue weighted by atomic mass is 79.9. The fourth-order valence-electron chi connectivity index (χ4n) is 2.78. The summed E-state index contributed by atoms with van der Waals surface area (Å²) in [5.74, 6) is -0.0467. The molecule has 0 aliphatic carbocycles. The molecule has 0 fully saturated rings. The summed E-state index contributed by atoms with van der Waals surface area (Å²) in [5, 5.41) is 3.01. The molecule has 0 aliphatic rings. The van der Waals surface area contributed by atoms with Crippen molar-refractivity contribution in [2.75, 3.05) is 6.54 Å². The molecule has 3 rings (SSSR count). The lowest BCUT2D eigenvalue weighted by Crippen LogP contribution is -2.27. The first-order valence-corrected chi connectivity index (χ1v) is 9.07. The minimum Gasteiger partial charge on any atom is -0.463 e. The fraction of sp³-hybridized carbons (Fsp3) is 0.316. The van der Waals surface area contributed by atoms with E-state index in [1.807, 2.05) is 28.8 Å². The summed E-state index contributed by atoms with van der Waals surface area (Å²) < 4.78 is 8.53. The summed E-state index contributed by atoms with van der Waals surface area (Å²) in [6, 6.07) is 11.9. The van der Waals surface area contributed by atoms with Gasteiger partial charge in [0.05, 0.1) is 11.8 Å². The molecule has 1 amide bonds. The van der Waals surface area contributed by atoms with Crippen molar-refractivity contribution in [3.8, 4) is 0 Å². The molecule has 0 unspecified atom stereocenters. The number of nitrogens with one attached hydrogen (secondary N) is 1. The minimum absolute atomic E-state index is 0.0467. The number of furan rings is 1. The van der Waals surface area contributed by atoms with Crippen LogP contribution in [0, 0.1) is 0 Å². The maximum Gasteiger partial charge on any atom is 0.268 e. The molecule has 0 bridgehead atoms. The van der Waals surface area contributed by atoms with Crippen LogP contribution < -0.4 is 5.32 Å². The number of amides is 1. The van der Waals surface area contributed by atoms with Crippen molar-refractivity contribution in [1.29, 1.82) is 0 Å². The summed E-state index contributed by atoms with van der Waals surface area (Å²) in [7, 11) is 0. The van der Waals surface area contributed by atoms with Crippen LogP contribution in [0.1, 0.15) is 42.2 Å². The number of carbonyl (C=O) groups excluding carboxylic acids is 1. The second-order valence-corrected chi connectivity index (χ2v) is 6.79. The summed E-state index contributed by atoms with van der Waals surface area (Å²) >= 11 is 3.45. The first-order chi connectivity index (χ1) is 11.7. The first-order valence-electron chi connectivity index (χ1n) is 8.28. The average molecular weight is 389 g/mol. The predicted molar refractivity (Wildman–Crippen MR) is 99.3 cm³/mol. The van der Waals surface area contributed by atoms with Crippen LogP contribution in [-0.2, 0) is 6.54 Å². The van der Waals surface area contributed by atoms with Crippen molar-refractivity contribution in [2.45, 2.75) is 32.7 Å². The van der Waals surface area contributed by atoms with Gasteiger partial charge in [-0.3, -0.25) is 4.79 Å². The van der Waals surface area contributed by atoms with E-state index in [1.54, 1.807) is 6.26 Å². The Morgan fingerprint density at radius 1 is 1.21 bits per heavy atom. The first kappa shape index (κ1) is 16.8. The molecule has 126 valence electrons. The van der Waals surface area contributed by atoms with Crippen LogP contribution in [0.15, 0.2) is 51.6 Å². The zero-order valence-corrected chi connectivity index (χ0v) is 15.3. The number of aromatic nitrogens is 1. The number of hydrogen-bond donors (Lipinski definition) is 1. The maximum atomic E-state index is 12.6. The number of unbranched alkanes of at least 4 members (excludes halogenated alkanes) is 2. The second-order valence-electron chi connectivity index (χ2n) is 5.88. The smallest absolute Gasteiger partial charge is 0.268 e. The van der Waals surface area contributed by atoms with Crippen molar-refractivity contribution in [2.24, 2.45) is 0 Å². The number of hydrogen-bond acceptors (Lipinski definition) is 2. The Hall–Kier alpha value is -2.01. The average Bonchev–Trinajstić information content (AvgIpc) is 3.16. The van der Waals surface area contributed by atoms with Crippen molar-refractivity contribution in [3.63, 3.8) is 0 Å².